The van der Waals surface area contributed by atoms with Crippen molar-refractivity contribution in [2.45, 2.75) is 39.7 Å². The third kappa shape index (κ3) is 4.69. The molecule has 0 aliphatic heterocycles. The van der Waals surface area contributed by atoms with Crippen molar-refractivity contribution in [2.24, 2.45) is 0 Å². The van der Waals surface area contributed by atoms with Crippen LogP contribution >= 0.6 is 0 Å². The lowest BCUT2D eigenvalue weighted by molar-refractivity contribution is -0.122. The van der Waals surface area contributed by atoms with Gasteiger partial charge in [0.1, 0.15) is 5.82 Å². The molecule has 0 spiro atoms. The van der Waals surface area contributed by atoms with Crippen LogP contribution in [-0.4, -0.2) is 51.5 Å². The van der Waals surface area contributed by atoms with E-state index in [2.05, 4.69) is 20.5 Å². The zero-order valence-corrected chi connectivity index (χ0v) is 11.9. The Bertz CT molecular complexity index is 441. The standard InChI is InChI=1S/C12H21N5O2/c1-5-6-9-14-11(16-15-9)12(19)17(4)7-10(18)13-8(2)3/h8H,5-7H2,1-4H3,(H,13,18)(H,14,15,16). The number of H-pyrrole nitrogens is 1. The Morgan fingerprint density at radius 3 is 2.68 bits per heavy atom. The minimum Gasteiger partial charge on any atom is -0.352 e. The molecule has 0 fully saturated rings. The third-order valence-corrected chi connectivity index (χ3v) is 2.39. The largest absolute Gasteiger partial charge is 0.352 e. The molecule has 0 radical (unpaired) electrons. The Balaban J connectivity index is 2.58. The smallest absolute Gasteiger partial charge is 0.293 e. The van der Waals surface area contributed by atoms with E-state index < -0.39 is 0 Å². The molecule has 1 aromatic heterocycles. The van der Waals surface area contributed by atoms with Gasteiger partial charge in [-0.2, -0.15) is 0 Å². The second-order valence-electron chi connectivity index (χ2n) is 4.74. The predicted molar refractivity (Wildman–Crippen MR) is 70.6 cm³/mol. The van der Waals surface area contributed by atoms with Crippen LogP contribution in [0.2, 0.25) is 0 Å². The number of nitrogens with zero attached hydrogens (tertiary/aromatic N) is 3. The van der Waals surface area contributed by atoms with Crippen molar-refractivity contribution in [3.8, 4) is 0 Å². The molecule has 0 saturated carbocycles. The summed E-state index contributed by atoms with van der Waals surface area (Å²) in [4.78, 5) is 28.9. The normalized spacial score (nSPS) is 10.6. The molecular formula is C12H21N5O2. The molecule has 1 rings (SSSR count). The molecule has 7 nitrogen and oxygen atoms in total. The zero-order chi connectivity index (χ0) is 14.4. The Morgan fingerprint density at radius 1 is 1.42 bits per heavy atom. The fourth-order valence-corrected chi connectivity index (χ4v) is 1.57. The lowest BCUT2D eigenvalue weighted by Gasteiger charge is -2.16. The molecule has 19 heavy (non-hydrogen) atoms. The first kappa shape index (κ1) is 15.1. The molecule has 0 atom stereocenters. The van der Waals surface area contributed by atoms with E-state index in [4.69, 9.17) is 0 Å². The van der Waals surface area contributed by atoms with E-state index in [0.717, 1.165) is 12.8 Å². The van der Waals surface area contributed by atoms with Crippen LogP contribution in [0.3, 0.4) is 0 Å². The van der Waals surface area contributed by atoms with Gasteiger partial charge in [0.25, 0.3) is 5.91 Å². The van der Waals surface area contributed by atoms with Gasteiger partial charge in [-0.15, -0.1) is 5.10 Å². The summed E-state index contributed by atoms with van der Waals surface area (Å²) < 4.78 is 0. The number of likely N-dealkylation sites (N-methyl/N-ethyl adjacent to an activating group) is 1. The minimum absolute atomic E-state index is 0.00529. The number of amides is 2. The van der Waals surface area contributed by atoms with Crippen LogP contribution in [0.1, 0.15) is 43.6 Å². The molecule has 0 unspecified atom stereocenters. The van der Waals surface area contributed by atoms with Gasteiger partial charge in [-0.05, 0) is 20.3 Å². The predicted octanol–water partition coefficient (Wildman–Crippen LogP) is 0.354. The maximum Gasteiger partial charge on any atom is 0.293 e. The number of aromatic amines is 1. The Kier molecular flexibility index (Phi) is 5.47. The van der Waals surface area contributed by atoms with E-state index in [1.54, 1.807) is 7.05 Å². The monoisotopic (exact) mass is 267 g/mol. The highest BCUT2D eigenvalue weighted by Crippen LogP contribution is 2.00. The van der Waals surface area contributed by atoms with E-state index in [1.165, 1.54) is 4.90 Å². The first-order chi connectivity index (χ1) is 8.93. The van der Waals surface area contributed by atoms with Crippen molar-refractivity contribution < 1.29 is 9.59 Å². The summed E-state index contributed by atoms with van der Waals surface area (Å²) in [6, 6.07) is 0.0515. The third-order valence-electron chi connectivity index (χ3n) is 2.39. The van der Waals surface area contributed by atoms with Gasteiger partial charge in [-0.3, -0.25) is 14.7 Å². The van der Waals surface area contributed by atoms with Gasteiger partial charge in [0.05, 0.1) is 6.54 Å². The summed E-state index contributed by atoms with van der Waals surface area (Å²) in [6.07, 6.45) is 1.67. The van der Waals surface area contributed by atoms with Crippen molar-refractivity contribution in [2.75, 3.05) is 13.6 Å². The van der Waals surface area contributed by atoms with Crippen LogP contribution < -0.4 is 5.32 Å². The summed E-state index contributed by atoms with van der Waals surface area (Å²) in [6.45, 7) is 5.75. The summed E-state index contributed by atoms with van der Waals surface area (Å²) >= 11 is 0. The highest BCUT2D eigenvalue weighted by Gasteiger charge is 2.19. The minimum atomic E-state index is -0.363. The van der Waals surface area contributed by atoms with E-state index in [-0.39, 0.29) is 30.2 Å². The fraction of sp³-hybridized carbons (Fsp3) is 0.667. The quantitative estimate of drug-likeness (QED) is 0.778. The van der Waals surface area contributed by atoms with Crippen LogP contribution in [0.15, 0.2) is 0 Å². The molecule has 0 bridgehead atoms. The fourth-order valence-electron chi connectivity index (χ4n) is 1.57. The second-order valence-corrected chi connectivity index (χ2v) is 4.74. The lowest BCUT2D eigenvalue weighted by atomic mass is 10.3. The summed E-state index contributed by atoms with van der Waals surface area (Å²) in [5.41, 5.74) is 0. The van der Waals surface area contributed by atoms with Gasteiger partial charge in [0, 0.05) is 19.5 Å². The van der Waals surface area contributed by atoms with E-state index in [0.29, 0.717) is 5.82 Å². The molecule has 7 heteroatoms. The number of rotatable bonds is 6. The number of carbonyl (C=O) groups is 2. The Hall–Kier alpha value is -1.92. The molecule has 106 valence electrons. The lowest BCUT2D eigenvalue weighted by Crippen LogP contribution is -2.41. The molecule has 0 aliphatic rings. The second kappa shape index (κ2) is 6.86. The average molecular weight is 267 g/mol. The molecule has 1 heterocycles. The maximum absolute atomic E-state index is 12.0. The molecule has 0 aliphatic carbocycles. The van der Waals surface area contributed by atoms with E-state index >= 15 is 0 Å². The average Bonchev–Trinajstić information content (AvgIpc) is 2.75. The maximum atomic E-state index is 12.0. The molecular weight excluding hydrogens is 246 g/mol. The van der Waals surface area contributed by atoms with E-state index in [1.807, 2.05) is 20.8 Å². The molecule has 0 saturated heterocycles. The number of aromatic nitrogens is 3. The highest BCUT2D eigenvalue weighted by atomic mass is 16.2. The van der Waals surface area contributed by atoms with Gasteiger partial charge in [-0.25, -0.2) is 4.98 Å². The molecule has 0 aromatic carbocycles. The van der Waals surface area contributed by atoms with Gasteiger partial charge in [-0.1, -0.05) is 6.92 Å². The number of carbonyl (C=O) groups excluding carboxylic acids is 2. The number of hydrogen-bond donors (Lipinski definition) is 2. The first-order valence-corrected chi connectivity index (χ1v) is 6.40. The summed E-state index contributed by atoms with van der Waals surface area (Å²) in [5, 5.41) is 9.31. The van der Waals surface area contributed by atoms with Crippen LogP contribution in [-0.2, 0) is 11.2 Å². The van der Waals surface area contributed by atoms with Gasteiger partial charge in [0.15, 0.2) is 0 Å². The number of aryl methyl sites for hydroxylation is 1. The number of hydrogen-bond acceptors (Lipinski definition) is 4. The van der Waals surface area contributed by atoms with E-state index in [9.17, 15) is 9.59 Å². The van der Waals surface area contributed by atoms with Gasteiger partial charge < -0.3 is 10.2 Å². The Morgan fingerprint density at radius 2 is 2.11 bits per heavy atom. The first-order valence-electron chi connectivity index (χ1n) is 6.40. The van der Waals surface area contributed by atoms with Crippen molar-refractivity contribution in [3.05, 3.63) is 11.6 Å². The van der Waals surface area contributed by atoms with Gasteiger partial charge >= 0.3 is 0 Å². The summed E-state index contributed by atoms with van der Waals surface area (Å²) in [7, 11) is 1.55. The topological polar surface area (TPSA) is 91.0 Å². The van der Waals surface area contributed by atoms with Crippen molar-refractivity contribution >= 4 is 11.8 Å². The zero-order valence-electron chi connectivity index (χ0n) is 11.9. The van der Waals surface area contributed by atoms with Gasteiger partial charge in [0.2, 0.25) is 11.7 Å². The molecule has 2 N–H and O–H groups in total. The highest BCUT2D eigenvalue weighted by molar-refractivity contribution is 5.93. The Labute approximate surface area is 112 Å². The van der Waals surface area contributed by atoms with Crippen LogP contribution in [0.25, 0.3) is 0 Å². The van der Waals surface area contributed by atoms with Crippen molar-refractivity contribution in [3.63, 3.8) is 0 Å². The number of nitrogens with one attached hydrogen (secondary N) is 2. The summed E-state index contributed by atoms with van der Waals surface area (Å²) in [5.74, 6) is 0.224. The van der Waals surface area contributed by atoms with Crippen molar-refractivity contribution in [1.29, 1.82) is 0 Å². The molecule has 2 amide bonds. The van der Waals surface area contributed by atoms with Crippen molar-refractivity contribution in [1.82, 2.24) is 25.4 Å². The molecule has 1 aromatic rings. The van der Waals surface area contributed by atoms with Crippen LogP contribution in [0.5, 0.6) is 0 Å². The van der Waals surface area contributed by atoms with Crippen LogP contribution in [0.4, 0.5) is 0 Å². The SMILES string of the molecule is CCCc1nc(C(=O)N(C)CC(=O)NC(C)C)n[nH]1. The van der Waals surface area contributed by atoms with Crippen LogP contribution in [0, 0.1) is 0 Å².